The van der Waals surface area contributed by atoms with E-state index in [-0.39, 0.29) is 16.8 Å². The highest BCUT2D eigenvalue weighted by Crippen LogP contribution is 2.22. The Hall–Kier alpha value is -1.65. The third kappa shape index (κ3) is 3.41. The number of hydrogen-bond donors (Lipinski definition) is 1. The maximum Gasteiger partial charge on any atom is 0.338 e. The zero-order chi connectivity index (χ0) is 13.2. The van der Waals surface area contributed by atoms with E-state index in [9.17, 15) is 9.18 Å². The fourth-order valence-corrected chi connectivity index (χ4v) is 1.65. The van der Waals surface area contributed by atoms with Crippen molar-refractivity contribution in [3.8, 4) is 0 Å². The summed E-state index contributed by atoms with van der Waals surface area (Å²) in [4.78, 5) is 16.3. The molecule has 0 saturated carbocycles. The van der Waals surface area contributed by atoms with E-state index in [1.54, 1.807) is 11.9 Å². The van der Waals surface area contributed by atoms with E-state index in [0.717, 1.165) is 6.07 Å². The molecular weight excluding hydrogens is 223 g/mol. The van der Waals surface area contributed by atoms with Crippen LogP contribution in [0, 0.1) is 11.2 Å². The molecule has 5 heteroatoms. The average molecular weight is 240 g/mol. The van der Waals surface area contributed by atoms with Crippen molar-refractivity contribution in [3.63, 3.8) is 0 Å². The van der Waals surface area contributed by atoms with Gasteiger partial charge in [0.15, 0.2) is 11.6 Å². The van der Waals surface area contributed by atoms with Gasteiger partial charge in [0.25, 0.3) is 0 Å². The lowest BCUT2D eigenvalue weighted by Crippen LogP contribution is -2.30. The first-order valence-electron chi connectivity index (χ1n) is 5.31. The van der Waals surface area contributed by atoms with Gasteiger partial charge in [-0.3, -0.25) is 0 Å². The Morgan fingerprint density at radius 3 is 2.59 bits per heavy atom. The van der Waals surface area contributed by atoms with E-state index in [1.165, 1.54) is 6.20 Å². The summed E-state index contributed by atoms with van der Waals surface area (Å²) >= 11 is 0. The minimum Gasteiger partial charge on any atom is -0.478 e. The molecule has 17 heavy (non-hydrogen) atoms. The number of anilines is 1. The molecule has 0 atom stereocenters. The number of carboxylic acids is 1. The molecule has 1 aromatic rings. The molecule has 0 aliphatic carbocycles. The van der Waals surface area contributed by atoms with Crippen LogP contribution in [0.25, 0.3) is 0 Å². The molecule has 0 aliphatic rings. The second kappa shape index (κ2) is 4.69. The molecule has 94 valence electrons. The van der Waals surface area contributed by atoms with Crippen LogP contribution in [0.3, 0.4) is 0 Å². The molecule has 0 radical (unpaired) electrons. The van der Waals surface area contributed by atoms with Gasteiger partial charge in [-0.15, -0.1) is 0 Å². The van der Waals surface area contributed by atoms with Crippen LogP contribution in [0.2, 0.25) is 0 Å². The van der Waals surface area contributed by atoms with Crippen LogP contribution in [-0.4, -0.2) is 29.7 Å². The van der Waals surface area contributed by atoms with Crippen LogP contribution < -0.4 is 4.90 Å². The summed E-state index contributed by atoms with van der Waals surface area (Å²) in [5.41, 5.74) is -0.377. The minimum atomic E-state index is -1.28. The standard InChI is InChI=1S/C12H17FN2O2/c1-12(2,3)7-15(4)10-9(13)8(11(16)17)5-6-14-10/h5-6H,7H2,1-4H3,(H,16,17). The zero-order valence-corrected chi connectivity index (χ0v) is 10.5. The number of aromatic nitrogens is 1. The number of carbonyl (C=O) groups is 1. The van der Waals surface area contributed by atoms with Crippen molar-refractivity contribution < 1.29 is 14.3 Å². The molecule has 1 rings (SSSR count). The third-order valence-electron chi connectivity index (χ3n) is 2.17. The number of carboxylic acid groups (broad SMARTS) is 1. The predicted octanol–water partition coefficient (Wildman–Crippen LogP) is 2.40. The van der Waals surface area contributed by atoms with Gasteiger partial charge in [0.1, 0.15) is 5.56 Å². The molecule has 1 heterocycles. The lowest BCUT2D eigenvalue weighted by atomic mass is 9.96. The highest BCUT2D eigenvalue weighted by Gasteiger charge is 2.21. The Balaban J connectivity index is 3.07. The topological polar surface area (TPSA) is 53.4 Å². The summed E-state index contributed by atoms with van der Waals surface area (Å²) in [6, 6.07) is 1.16. The van der Waals surface area contributed by atoms with Crippen LogP contribution in [0.15, 0.2) is 12.3 Å². The fraction of sp³-hybridized carbons (Fsp3) is 0.500. The Morgan fingerprint density at radius 2 is 2.12 bits per heavy atom. The summed E-state index contributed by atoms with van der Waals surface area (Å²) in [6.07, 6.45) is 1.31. The smallest absolute Gasteiger partial charge is 0.338 e. The second-order valence-electron chi connectivity index (χ2n) is 5.22. The SMILES string of the molecule is CN(CC(C)(C)C)c1nccc(C(=O)O)c1F. The summed E-state index contributed by atoms with van der Waals surface area (Å²) in [7, 11) is 1.70. The van der Waals surface area contributed by atoms with Gasteiger partial charge in [0, 0.05) is 19.8 Å². The average Bonchev–Trinajstić information content (AvgIpc) is 2.14. The molecule has 0 fully saturated rings. The molecule has 0 unspecified atom stereocenters. The van der Waals surface area contributed by atoms with E-state index in [1.807, 2.05) is 20.8 Å². The first kappa shape index (κ1) is 13.4. The number of rotatable bonds is 3. The maximum atomic E-state index is 13.9. The minimum absolute atomic E-state index is 0.0257. The van der Waals surface area contributed by atoms with Gasteiger partial charge in [0.05, 0.1) is 0 Å². The maximum absolute atomic E-state index is 13.9. The number of halogens is 1. The quantitative estimate of drug-likeness (QED) is 0.881. The van der Waals surface area contributed by atoms with Gasteiger partial charge in [-0.05, 0) is 11.5 Å². The molecule has 0 aliphatic heterocycles. The van der Waals surface area contributed by atoms with E-state index >= 15 is 0 Å². The van der Waals surface area contributed by atoms with E-state index < -0.39 is 11.8 Å². The van der Waals surface area contributed by atoms with Crippen molar-refractivity contribution in [1.29, 1.82) is 0 Å². The van der Waals surface area contributed by atoms with Crippen LogP contribution in [0.1, 0.15) is 31.1 Å². The highest BCUT2D eigenvalue weighted by molar-refractivity contribution is 5.88. The van der Waals surface area contributed by atoms with Crippen molar-refractivity contribution in [2.24, 2.45) is 5.41 Å². The number of hydrogen-bond acceptors (Lipinski definition) is 3. The lowest BCUT2D eigenvalue weighted by molar-refractivity contribution is 0.0692. The summed E-state index contributed by atoms with van der Waals surface area (Å²) in [5, 5.41) is 8.82. The summed E-state index contributed by atoms with van der Waals surface area (Å²) in [5.74, 6) is -2.00. The Morgan fingerprint density at radius 1 is 1.53 bits per heavy atom. The predicted molar refractivity (Wildman–Crippen MR) is 63.9 cm³/mol. The van der Waals surface area contributed by atoms with Crippen LogP contribution in [-0.2, 0) is 0 Å². The van der Waals surface area contributed by atoms with Crippen molar-refractivity contribution in [3.05, 3.63) is 23.6 Å². The third-order valence-corrected chi connectivity index (χ3v) is 2.17. The Bertz CT molecular complexity index is 427. The van der Waals surface area contributed by atoms with Gasteiger partial charge < -0.3 is 10.0 Å². The van der Waals surface area contributed by atoms with Crippen LogP contribution >= 0.6 is 0 Å². The van der Waals surface area contributed by atoms with E-state index in [4.69, 9.17) is 5.11 Å². The van der Waals surface area contributed by atoms with E-state index in [2.05, 4.69) is 4.98 Å². The van der Waals surface area contributed by atoms with Crippen molar-refractivity contribution in [2.45, 2.75) is 20.8 Å². The molecular formula is C12H17FN2O2. The molecule has 0 spiro atoms. The first-order valence-corrected chi connectivity index (χ1v) is 5.31. The molecule has 1 aromatic heterocycles. The second-order valence-corrected chi connectivity index (χ2v) is 5.22. The first-order chi connectivity index (χ1) is 7.72. The fourth-order valence-electron chi connectivity index (χ4n) is 1.65. The van der Waals surface area contributed by atoms with Crippen LogP contribution in [0.5, 0.6) is 0 Å². The van der Waals surface area contributed by atoms with Gasteiger partial charge in [-0.1, -0.05) is 20.8 Å². The molecule has 4 nitrogen and oxygen atoms in total. The molecule has 1 N–H and O–H groups in total. The Kier molecular flexibility index (Phi) is 3.70. The monoisotopic (exact) mass is 240 g/mol. The van der Waals surface area contributed by atoms with Crippen molar-refractivity contribution in [2.75, 3.05) is 18.5 Å². The summed E-state index contributed by atoms with van der Waals surface area (Å²) in [6.45, 7) is 6.63. The van der Waals surface area contributed by atoms with Gasteiger partial charge in [-0.25, -0.2) is 14.2 Å². The Labute approximate surface area is 100 Å². The van der Waals surface area contributed by atoms with Gasteiger partial charge >= 0.3 is 5.97 Å². The van der Waals surface area contributed by atoms with Crippen molar-refractivity contribution in [1.82, 2.24) is 4.98 Å². The molecule has 0 saturated heterocycles. The molecule has 0 amide bonds. The van der Waals surface area contributed by atoms with Gasteiger partial charge in [-0.2, -0.15) is 0 Å². The van der Waals surface area contributed by atoms with Crippen molar-refractivity contribution >= 4 is 11.8 Å². The highest BCUT2D eigenvalue weighted by atomic mass is 19.1. The van der Waals surface area contributed by atoms with Gasteiger partial charge in [0.2, 0.25) is 0 Å². The largest absolute Gasteiger partial charge is 0.478 e. The molecule has 0 aromatic carbocycles. The number of nitrogens with zero attached hydrogens (tertiary/aromatic N) is 2. The van der Waals surface area contributed by atoms with Crippen LogP contribution in [0.4, 0.5) is 10.2 Å². The lowest BCUT2D eigenvalue weighted by Gasteiger charge is -2.27. The normalized spacial score (nSPS) is 11.4. The number of pyridine rings is 1. The summed E-state index contributed by atoms with van der Waals surface area (Å²) < 4.78 is 13.9. The zero-order valence-electron chi connectivity index (χ0n) is 10.5. The number of aromatic carboxylic acids is 1. The van der Waals surface area contributed by atoms with E-state index in [0.29, 0.717) is 6.54 Å². The molecule has 0 bridgehead atoms.